The van der Waals surface area contributed by atoms with Gasteiger partial charge in [-0.05, 0) is 18.8 Å². The van der Waals surface area contributed by atoms with Gasteiger partial charge in [0.05, 0.1) is 31.8 Å². The Hall–Kier alpha value is -1.17. The second-order valence-electron chi connectivity index (χ2n) is 6.55. The van der Waals surface area contributed by atoms with Gasteiger partial charge in [0.15, 0.2) is 0 Å². The van der Waals surface area contributed by atoms with Gasteiger partial charge in [0.1, 0.15) is 0 Å². The summed E-state index contributed by atoms with van der Waals surface area (Å²) in [6.07, 6.45) is 10.5. The first kappa shape index (κ1) is 20.9. The summed E-state index contributed by atoms with van der Waals surface area (Å²) in [4.78, 5) is 11.1. The van der Waals surface area contributed by atoms with Crippen LogP contribution in [0.25, 0.3) is 0 Å². The molecule has 3 N–H and O–H groups in total. The first-order valence-electron chi connectivity index (χ1n) is 8.93. The fourth-order valence-corrected chi connectivity index (χ4v) is 3.18. The zero-order valence-corrected chi connectivity index (χ0v) is 14.8. The number of aliphatic hydroxyl groups excluding tert-OH is 3. The molecule has 1 saturated carbocycles. The van der Waals surface area contributed by atoms with Crippen molar-refractivity contribution >= 4 is 5.97 Å². The number of esters is 1. The smallest absolute Gasteiger partial charge is 0.309 e. The van der Waals surface area contributed by atoms with Crippen molar-refractivity contribution in [2.45, 2.75) is 70.2 Å². The van der Waals surface area contributed by atoms with E-state index in [0.717, 1.165) is 25.7 Å². The normalized spacial score (nSPS) is 28.7. The topological polar surface area (TPSA) is 87.0 Å². The van der Waals surface area contributed by atoms with E-state index in [9.17, 15) is 20.1 Å². The number of hydrogen-bond donors (Lipinski definition) is 3. The van der Waals surface area contributed by atoms with Crippen molar-refractivity contribution in [3.8, 4) is 0 Å². The second kappa shape index (κ2) is 11.4. The lowest BCUT2D eigenvalue weighted by molar-refractivity contribution is -0.139. The Kier molecular flexibility index (Phi) is 9.91. The molecule has 0 unspecified atom stereocenters. The highest BCUT2D eigenvalue weighted by atomic mass is 16.5. The van der Waals surface area contributed by atoms with Crippen LogP contribution in [0.15, 0.2) is 24.3 Å². The monoisotopic (exact) mass is 340 g/mol. The van der Waals surface area contributed by atoms with Crippen LogP contribution in [0.5, 0.6) is 0 Å². The number of hydrogen-bond acceptors (Lipinski definition) is 5. The van der Waals surface area contributed by atoms with Gasteiger partial charge in [-0.25, -0.2) is 0 Å². The molecule has 0 aliphatic heterocycles. The molecule has 1 aliphatic rings. The van der Waals surface area contributed by atoms with E-state index in [1.165, 1.54) is 7.11 Å². The second-order valence-corrected chi connectivity index (χ2v) is 6.55. The van der Waals surface area contributed by atoms with Gasteiger partial charge in [-0.2, -0.15) is 0 Å². The Morgan fingerprint density at radius 1 is 1.25 bits per heavy atom. The summed E-state index contributed by atoms with van der Waals surface area (Å²) in [6, 6.07) is 0. The average Bonchev–Trinajstić information content (AvgIpc) is 2.82. The highest BCUT2D eigenvalue weighted by molar-refractivity contribution is 5.70. The summed E-state index contributed by atoms with van der Waals surface area (Å²) in [5, 5.41) is 30.3. The zero-order chi connectivity index (χ0) is 17.9. The first-order chi connectivity index (χ1) is 11.5. The summed E-state index contributed by atoms with van der Waals surface area (Å²) in [5.41, 5.74) is 0. The van der Waals surface area contributed by atoms with Gasteiger partial charge in [-0.1, -0.05) is 50.5 Å². The number of carbonyl (C=O) groups is 1. The summed E-state index contributed by atoms with van der Waals surface area (Å²) >= 11 is 0. The van der Waals surface area contributed by atoms with Crippen molar-refractivity contribution in [1.82, 2.24) is 0 Å². The van der Waals surface area contributed by atoms with Crippen molar-refractivity contribution in [2.75, 3.05) is 7.11 Å². The first-order valence-corrected chi connectivity index (χ1v) is 8.93. The van der Waals surface area contributed by atoms with E-state index in [1.54, 1.807) is 12.2 Å². The van der Waals surface area contributed by atoms with Crippen LogP contribution in [-0.2, 0) is 9.53 Å². The van der Waals surface area contributed by atoms with Crippen molar-refractivity contribution in [1.29, 1.82) is 0 Å². The highest BCUT2D eigenvalue weighted by Crippen LogP contribution is 2.36. The maximum atomic E-state index is 11.1. The maximum Gasteiger partial charge on any atom is 0.309 e. The predicted molar refractivity (Wildman–Crippen MR) is 93.3 cm³/mol. The van der Waals surface area contributed by atoms with Crippen molar-refractivity contribution in [2.24, 2.45) is 11.8 Å². The van der Waals surface area contributed by atoms with Crippen LogP contribution in [0.3, 0.4) is 0 Å². The molecule has 1 fully saturated rings. The number of ether oxygens (including phenoxy) is 1. The number of allylic oxidation sites excluding steroid dienone is 1. The fourth-order valence-electron chi connectivity index (χ4n) is 3.18. The molecular weight excluding hydrogens is 308 g/mol. The third-order valence-corrected chi connectivity index (χ3v) is 4.66. The predicted octanol–water partition coefficient (Wildman–Crippen LogP) is 2.35. The van der Waals surface area contributed by atoms with E-state index in [0.29, 0.717) is 12.8 Å². The molecule has 5 nitrogen and oxygen atoms in total. The lowest BCUT2D eigenvalue weighted by Crippen LogP contribution is -2.20. The number of carbonyl (C=O) groups excluding carboxylic acids is 1. The van der Waals surface area contributed by atoms with Gasteiger partial charge in [-0.15, -0.1) is 0 Å². The molecule has 0 aromatic carbocycles. The number of methoxy groups -OCH3 is 1. The van der Waals surface area contributed by atoms with Gasteiger partial charge < -0.3 is 20.1 Å². The van der Waals surface area contributed by atoms with Crippen LogP contribution >= 0.6 is 0 Å². The van der Waals surface area contributed by atoms with Crippen LogP contribution in [-0.4, -0.2) is 46.7 Å². The Morgan fingerprint density at radius 2 is 2.00 bits per heavy atom. The number of rotatable bonds is 10. The minimum absolute atomic E-state index is 0.104. The van der Waals surface area contributed by atoms with Gasteiger partial charge in [-0.3, -0.25) is 4.79 Å². The van der Waals surface area contributed by atoms with Crippen LogP contribution in [0.2, 0.25) is 0 Å². The van der Waals surface area contributed by atoms with E-state index in [2.05, 4.69) is 11.7 Å². The molecule has 5 heteroatoms. The lowest BCUT2D eigenvalue weighted by Gasteiger charge is -2.19. The fraction of sp³-hybridized carbons (Fsp3) is 0.737. The van der Waals surface area contributed by atoms with E-state index < -0.39 is 18.3 Å². The van der Waals surface area contributed by atoms with Crippen molar-refractivity contribution in [3.63, 3.8) is 0 Å². The van der Waals surface area contributed by atoms with Gasteiger partial charge in [0.25, 0.3) is 0 Å². The van der Waals surface area contributed by atoms with Crippen molar-refractivity contribution < 1.29 is 24.9 Å². The summed E-state index contributed by atoms with van der Waals surface area (Å²) in [6.45, 7) is 2.12. The van der Waals surface area contributed by atoms with Crippen LogP contribution in [0, 0.1) is 11.8 Å². The molecule has 0 heterocycles. The molecule has 0 bridgehead atoms. The molecule has 0 saturated heterocycles. The Bertz CT molecular complexity index is 418. The summed E-state index contributed by atoms with van der Waals surface area (Å²) < 4.78 is 4.57. The molecule has 1 rings (SSSR count). The molecule has 0 radical (unpaired) electrons. The lowest BCUT2D eigenvalue weighted by atomic mass is 9.89. The summed E-state index contributed by atoms with van der Waals surface area (Å²) in [5.74, 6) is -0.582. The highest BCUT2D eigenvalue weighted by Gasteiger charge is 2.39. The molecule has 24 heavy (non-hydrogen) atoms. The molecular formula is C19H32O5. The Balaban J connectivity index is 2.54. The minimum Gasteiger partial charge on any atom is -0.469 e. The van der Waals surface area contributed by atoms with Crippen LogP contribution < -0.4 is 0 Å². The zero-order valence-electron chi connectivity index (χ0n) is 14.8. The average molecular weight is 340 g/mol. The van der Waals surface area contributed by atoms with Gasteiger partial charge in [0, 0.05) is 12.3 Å². The molecule has 0 amide bonds. The van der Waals surface area contributed by atoms with Gasteiger partial charge in [0.2, 0.25) is 0 Å². The van der Waals surface area contributed by atoms with E-state index in [-0.39, 0.29) is 24.2 Å². The van der Waals surface area contributed by atoms with E-state index >= 15 is 0 Å². The summed E-state index contributed by atoms with van der Waals surface area (Å²) in [7, 11) is 1.35. The quantitative estimate of drug-likeness (QED) is 0.323. The number of aliphatic hydroxyl groups is 3. The van der Waals surface area contributed by atoms with Crippen LogP contribution in [0.4, 0.5) is 0 Å². The van der Waals surface area contributed by atoms with Gasteiger partial charge >= 0.3 is 5.97 Å². The standard InChI is InChI=1S/C19H32O5/c1-3-4-5-8-14(20)11-12-16-15(17(21)13-18(16)22)9-6-7-10-19(23)24-2/h6-7,11-12,14-18,20-22H,3-5,8-10,13H2,1-2H3/b7-6-,12-11+/t14-,15+,16-,17+,18-/m0/s1. The maximum absolute atomic E-state index is 11.1. The third-order valence-electron chi connectivity index (χ3n) is 4.66. The minimum atomic E-state index is -0.599. The van der Waals surface area contributed by atoms with E-state index in [1.807, 2.05) is 12.2 Å². The van der Waals surface area contributed by atoms with Crippen molar-refractivity contribution in [3.05, 3.63) is 24.3 Å². The molecule has 0 aromatic rings. The SMILES string of the molecule is CCCCC[C@H](O)/C=C/[C@H]1[C@@H](C/C=C\CC(=O)OC)[C@H](O)C[C@@H]1O. The Morgan fingerprint density at radius 3 is 2.67 bits per heavy atom. The van der Waals surface area contributed by atoms with Crippen LogP contribution in [0.1, 0.15) is 51.9 Å². The largest absolute Gasteiger partial charge is 0.469 e. The number of unbranched alkanes of at least 4 members (excludes halogenated alkanes) is 2. The van der Waals surface area contributed by atoms with E-state index in [4.69, 9.17) is 0 Å². The molecule has 1 aliphatic carbocycles. The molecule has 0 aromatic heterocycles. The molecule has 5 atom stereocenters. The molecule has 0 spiro atoms. The molecule has 138 valence electrons. The third kappa shape index (κ3) is 7.16. The Labute approximate surface area is 145 Å².